The Bertz CT molecular complexity index is 233. The minimum Gasteiger partial charge on any atom is -0.354 e. The quantitative estimate of drug-likeness (QED) is 0.757. The van der Waals surface area contributed by atoms with Crippen LogP contribution in [0.25, 0.3) is 0 Å². The summed E-state index contributed by atoms with van der Waals surface area (Å²) in [5, 5.41) is 11.5. The fraction of sp³-hybridized carbons (Fsp3) is 0.800. The van der Waals surface area contributed by atoms with Gasteiger partial charge in [0.1, 0.15) is 5.41 Å². The number of nitrogens with one attached hydrogen (secondary N) is 1. The molecule has 0 aromatic carbocycles. The lowest BCUT2D eigenvalue weighted by Gasteiger charge is -2.17. The zero-order valence-corrected chi connectivity index (χ0v) is 10.1. The van der Waals surface area contributed by atoms with Crippen molar-refractivity contribution in [3.05, 3.63) is 0 Å². The van der Waals surface area contributed by atoms with Gasteiger partial charge in [-0.1, -0.05) is 6.92 Å². The molecule has 80 valence electrons. The maximum absolute atomic E-state index is 11.5. The number of nitriles is 1. The van der Waals surface area contributed by atoms with Crippen molar-refractivity contribution < 1.29 is 4.79 Å². The average Bonchev–Trinajstić information content (AvgIpc) is 2.14. The number of hydrogen-bond acceptors (Lipinski definition) is 3. The second-order valence-electron chi connectivity index (χ2n) is 4.01. The molecule has 0 rings (SSSR count). The minimum absolute atomic E-state index is 0.187. The molecular formula is C10H18N2OS. The fourth-order valence-electron chi connectivity index (χ4n) is 0.882. The predicted molar refractivity (Wildman–Crippen MR) is 59.9 cm³/mol. The summed E-state index contributed by atoms with van der Waals surface area (Å²) < 4.78 is 0. The fourth-order valence-corrected chi connectivity index (χ4v) is 1.57. The van der Waals surface area contributed by atoms with Crippen molar-refractivity contribution in [1.29, 1.82) is 5.26 Å². The molecule has 1 N–H and O–H groups in total. The van der Waals surface area contributed by atoms with Gasteiger partial charge < -0.3 is 5.32 Å². The molecule has 0 bridgehead atoms. The van der Waals surface area contributed by atoms with Crippen LogP contribution in [-0.4, -0.2) is 24.5 Å². The molecule has 1 amide bonds. The monoisotopic (exact) mass is 214 g/mol. The highest BCUT2D eigenvalue weighted by Crippen LogP contribution is 2.13. The lowest BCUT2D eigenvalue weighted by Crippen LogP contribution is -2.38. The van der Waals surface area contributed by atoms with Gasteiger partial charge in [0, 0.05) is 6.54 Å². The maximum Gasteiger partial charge on any atom is 0.239 e. The number of thioether (sulfide) groups is 1. The number of carbonyl (C=O) groups excluding carboxylic acids is 1. The second kappa shape index (κ2) is 5.92. The van der Waals surface area contributed by atoms with E-state index in [1.54, 1.807) is 25.6 Å². The Morgan fingerprint density at radius 3 is 2.64 bits per heavy atom. The van der Waals surface area contributed by atoms with Gasteiger partial charge in [-0.25, -0.2) is 0 Å². The summed E-state index contributed by atoms with van der Waals surface area (Å²) in [6.45, 7) is 5.98. The Kier molecular flexibility index (Phi) is 5.63. The molecule has 0 aromatic heterocycles. The molecule has 0 radical (unpaired) electrons. The molecule has 1 unspecified atom stereocenters. The van der Waals surface area contributed by atoms with E-state index in [-0.39, 0.29) is 5.91 Å². The molecule has 0 aliphatic carbocycles. The molecule has 0 aromatic rings. The first kappa shape index (κ1) is 13.3. The Morgan fingerprint density at radius 1 is 1.64 bits per heavy atom. The van der Waals surface area contributed by atoms with Gasteiger partial charge in [0.25, 0.3) is 0 Å². The SMILES string of the molecule is CSCC(C)CNC(=O)C(C)(C)C#N. The van der Waals surface area contributed by atoms with E-state index in [9.17, 15) is 4.79 Å². The van der Waals surface area contributed by atoms with Gasteiger partial charge in [0.05, 0.1) is 6.07 Å². The second-order valence-corrected chi connectivity index (χ2v) is 4.92. The third-order valence-corrected chi connectivity index (χ3v) is 2.81. The smallest absolute Gasteiger partial charge is 0.239 e. The average molecular weight is 214 g/mol. The van der Waals surface area contributed by atoms with E-state index in [0.717, 1.165) is 5.75 Å². The van der Waals surface area contributed by atoms with Crippen LogP contribution in [0.3, 0.4) is 0 Å². The first-order valence-electron chi connectivity index (χ1n) is 4.62. The van der Waals surface area contributed by atoms with Crippen LogP contribution in [-0.2, 0) is 4.79 Å². The van der Waals surface area contributed by atoms with Crippen LogP contribution in [0.15, 0.2) is 0 Å². The maximum atomic E-state index is 11.5. The molecule has 0 saturated carbocycles. The van der Waals surface area contributed by atoms with Crippen molar-refractivity contribution in [2.75, 3.05) is 18.6 Å². The van der Waals surface area contributed by atoms with E-state index in [4.69, 9.17) is 5.26 Å². The third-order valence-electron chi connectivity index (χ3n) is 1.91. The van der Waals surface area contributed by atoms with Gasteiger partial charge in [-0.3, -0.25) is 4.79 Å². The lowest BCUT2D eigenvalue weighted by molar-refractivity contribution is -0.126. The van der Waals surface area contributed by atoms with E-state index < -0.39 is 5.41 Å². The van der Waals surface area contributed by atoms with Crippen LogP contribution in [0.2, 0.25) is 0 Å². The molecule has 0 aliphatic heterocycles. The Labute approximate surface area is 90.3 Å². The molecule has 0 saturated heterocycles. The van der Waals surface area contributed by atoms with Gasteiger partial charge in [-0.05, 0) is 31.8 Å². The zero-order chi connectivity index (χ0) is 11.2. The van der Waals surface area contributed by atoms with Gasteiger partial charge >= 0.3 is 0 Å². The third kappa shape index (κ3) is 4.52. The highest BCUT2D eigenvalue weighted by atomic mass is 32.2. The Morgan fingerprint density at radius 2 is 2.21 bits per heavy atom. The highest BCUT2D eigenvalue weighted by Gasteiger charge is 2.26. The molecule has 14 heavy (non-hydrogen) atoms. The van der Waals surface area contributed by atoms with Crippen molar-refractivity contribution in [3.63, 3.8) is 0 Å². The van der Waals surface area contributed by atoms with Crippen molar-refractivity contribution >= 4 is 17.7 Å². The van der Waals surface area contributed by atoms with Gasteiger partial charge in [-0.2, -0.15) is 17.0 Å². The Hall–Kier alpha value is -0.690. The minimum atomic E-state index is -0.918. The Balaban J connectivity index is 3.92. The summed E-state index contributed by atoms with van der Waals surface area (Å²) in [7, 11) is 0. The molecule has 0 aliphatic rings. The standard InChI is InChI=1S/C10H18N2OS/c1-8(6-14-4)5-12-9(13)10(2,3)7-11/h8H,5-6H2,1-4H3,(H,12,13). The number of rotatable bonds is 5. The molecule has 0 fully saturated rings. The summed E-state index contributed by atoms with van der Waals surface area (Å²) in [6, 6.07) is 1.98. The van der Waals surface area contributed by atoms with Crippen LogP contribution in [0.5, 0.6) is 0 Å². The summed E-state index contributed by atoms with van der Waals surface area (Å²) in [5.74, 6) is 1.28. The predicted octanol–water partition coefficient (Wildman–Crippen LogP) is 1.65. The van der Waals surface area contributed by atoms with Crippen molar-refractivity contribution in [2.24, 2.45) is 11.3 Å². The van der Waals surface area contributed by atoms with Crippen molar-refractivity contribution in [1.82, 2.24) is 5.32 Å². The van der Waals surface area contributed by atoms with E-state index in [2.05, 4.69) is 12.2 Å². The molecule has 1 atom stereocenters. The van der Waals surface area contributed by atoms with Crippen molar-refractivity contribution in [3.8, 4) is 6.07 Å². The lowest BCUT2D eigenvalue weighted by atomic mass is 9.94. The first-order chi connectivity index (χ1) is 6.44. The number of nitrogens with zero attached hydrogens (tertiary/aromatic N) is 1. The molecule has 3 nitrogen and oxygen atoms in total. The summed E-state index contributed by atoms with van der Waals surface area (Å²) in [6.07, 6.45) is 2.04. The van der Waals surface area contributed by atoms with E-state index >= 15 is 0 Å². The molecule has 0 heterocycles. The summed E-state index contributed by atoms with van der Waals surface area (Å²) in [4.78, 5) is 11.5. The van der Waals surface area contributed by atoms with E-state index in [1.807, 2.05) is 12.3 Å². The van der Waals surface area contributed by atoms with Crippen LogP contribution in [0, 0.1) is 22.7 Å². The number of hydrogen-bond donors (Lipinski definition) is 1. The number of amides is 1. The van der Waals surface area contributed by atoms with E-state index in [0.29, 0.717) is 12.5 Å². The molecular weight excluding hydrogens is 196 g/mol. The number of carbonyl (C=O) groups is 1. The largest absolute Gasteiger partial charge is 0.354 e. The first-order valence-corrected chi connectivity index (χ1v) is 6.02. The highest BCUT2D eigenvalue weighted by molar-refractivity contribution is 7.98. The molecule has 0 spiro atoms. The van der Waals surface area contributed by atoms with Crippen LogP contribution in [0.4, 0.5) is 0 Å². The van der Waals surface area contributed by atoms with E-state index in [1.165, 1.54) is 0 Å². The normalized spacial score (nSPS) is 13.1. The summed E-state index contributed by atoms with van der Waals surface area (Å²) >= 11 is 1.76. The summed E-state index contributed by atoms with van der Waals surface area (Å²) in [5.41, 5.74) is -0.918. The van der Waals surface area contributed by atoms with Crippen LogP contribution >= 0.6 is 11.8 Å². The van der Waals surface area contributed by atoms with Crippen LogP contribution in [0.1, 0.15) is 20.8 Å². The zero-order valence-electron chi connectivity index (χ0n) is 9.26. The van der Waals surface area contributed by atoms with Crippen molar-refractivity contribution in [2.45, 2.75) is 20.8 Å². The molecule has 4 heteroatoms. The van der Waals surface area contributed by atoms with Gasteiger partial charge in [-0.15, -0.1) is 0 Å². The van der Waals surface area contributed by atoms with Crippen LogP contribution < -0.4 is 5.32 Å². The van der Waals surface area contributed by atoms with Gasteiger partial charge in [0.15, 0.2) is 0 Å². The van der Waals surface area contributed by atoms with Gasteiger partial charge in [0.2, 0.25) is 5.91 Å². The topological polar surface area (TPSA) is 52.9 Å².